The summed E-state index contributed by atoms with van der Waals surface area (Å²) in [7, 11) is -4.48. The van der Waals surface area contributed by atoms with E-state index in [1.54, 1.807) is 0 Å². The largest absolute Gasteiger partial charge is 0.472 e. The van der Waals surface area contributed by atoms with Gasteiger partial charge in [0.05, 0.1) is 19.8 Å². The molecule has 0 radical (unpaired) electrons. The van der Waals surface area contributed by atoms with Gasteiger partial charge in [-0.05, 0) is 38.5 Å². The van der Waals surface area contributed by atoms with Crippen molar-refractivity contribution < 1.29 is 43.0 Å². The Hall–Kier alpha value is -0.800. The molecule has 0 aliphatic carbocycles. The minimum atomic E-state index is -4.48. The van der Waals surface area contributed by atoms with Crippen molar-refractivity contribution in [1.82, 2.24) is 0 Å². The molecule has 0 saturated carbocycles. The number of rotatable bonds is 40. The molecule has 0 aromatic heterocycles. The molecule has 298 valence electrons. The molecule has 9 nitrogen and oxygen atoms in total. The van der Waals surface area contributed by atoms with Crippen LogP contribution in [0.3, 0.4) is 0 Å². The molecule has 0 spiro atoms. The molecule has 0 fully saturated rings. The molecular weight excluding hydrogens is 655 g/mol. The number of phosphoric acid groups is 1. The summed E-state index contributed by atoms with van der Waals surface area (Å²) >= 11 is 0. The average Bonchev–Trinajstić information content (AvgIpc) is 3.11. The lowest BCUT2D eigenvalue weighted by Gasteiger charge is -2.20. The molecule has 10 heteroatoms. The Bertz CT molecular complexity index is 795. The van der Waals surface area contributed by atoms with Crippen molar-refractivity contribution in [1.29, 1.82) is 0 Å². The molecule has 0 amide bonds. The standard InChI is InChI=1S/C40H79O9P/c1-3-5-7-9-11-13-15-17-18-19-21-23-25-27-29-31-33-46-39(37-49-50(44,45)48-35-38(42)34-41)36-47-40(43)32-30-28-26-24-22-20-16-14-12-10-8-6-4-2/h17-18,38-39,41-42H,3-16,19-37H2,1-2H3,(H,44,45)/b18-17-/t38?,39-/m1/s1. The van der Waals surface area contributed by atoms with E-state index >= 15 is 0 Å². The molecule has 0 heterocycles. The Labute approximate surface area is 307 Å². The van der Waals surface area contributed by atoms with Gasteiger partial charge in [-0.15, -0.1) is 0 Å². The van der Waals surface area contributed by atoms with Crippen LogP contribution in [-0.4, -0.2) is 66.3 Å². The lowest BCUT2D eigenvalue weighted by Crippen LogP contribution is -2.28. The zero-order chi connectivity index (χ0) is 36.8. The number of esters is 1. The highest BCUT2D eigenvalue weighted by molar-refractivity contribution is 7.47. The molecule has 0 saturated heterocycles. The molecule has 3 N–H and O–H groups in total. The zero-order valence-corrected chi connectivity index (χ0v) is 33.3. The first kappa shape index (κ1) is 49.2. The van der Waals surface area contributed by atoms with Crippen LogP contribution >= 0.6 is 7.82 Å². The van der Waals surface area contributed by atoms with Crippen LogP contribution in [0.4, 0.5) is 0 Å². The Balaban J connectivity index is 4.18. The molecule has 0 aromatic rings. The van der Waals surface area contributed by atoms with Gasteiger partial charge < -0.3 is 24.6 Å². The summed E-state index contributed by atoms with van der Waals surface area (Å²) < 4.78 is 33.3. The molecule has 0 aromatic carbocycles. The molecule has 3 atom stereocenters. The number of aliphatic hydroxyl groups is 2. The van der Waals surface area contributed by atoms with Crippen molar-refractivity contribution in [2.45, 2.75) is 206 Å². The molecule has 0 aliphatic heterocycles. The molecule has 50 heavy (non-hydrogen) atoms. The van der Waals surface area contributed by atoms with E-state index in [-0.39, 0.29) is 19.2 Å². The third-order valence-electron chi connectivity index (χ3n) is 8.99. The van der Waals surface area contributed by atoms with E-state index in [0.29, 0.717) is 13.0 Å². The van der Waals surface area contributed by atoms with Crippen LogP contribution in [0.25, 0.3) is 0 Å². The normalized spacial score (nSPS) is 14.3. The number of carbonyl (C=O) groups excluding carboxylic acids is 1. The van der Waals surface area contributed by atoms with Crippen LogP contribution in [-0.2, 0) is 27.9 Å². The first-order valence-electron chi connectivity index (χ1n) is 20.7. The molecule has 0 aliphatic rings. The molecule has 0 bridgehead atoms. The first-order valence-corrected chi connectivity index (χ1v) is 22.2. The number of allylic oxidation sites excluding steroid dienone is 2. The second-order valence-corrected chi connectivity index (χ2v) is 15.5. The number of aliphatic hydroxyl groups excluding tert-OH is 2. The maximum absolute atomic E-state index is 12.4. The fourth-order valence-electron chi connectivity index (χ4n) is 5.74. The highest BCUT2D eigenvalue weighted by Crippen LogP contribution is 2.43. The third kappa shape index (κ3) is 37.0. The maximum Gasteiger partial charge on any atom is 0.472 e. The summed E-state index contributed by atoms with van der Waals surface area (Å²) in [6.45, 7) is 3.40. The lowest BCUT2D eigenvalue weighted by molar-refractivity contribution is -0.149. The van der Waals surface area contributed by atoms with Crippen molar-refractivity contribution in [2.24, 2.45) is 0 Å². The number of phosphoric ester groups is 1. The van der Waals surface area contributed by atoms with Gasteiger partial charge >= 0.3 is 13.8 Å². The van der Waals surface area contributed by atoms with E-state index in [9.17, 15) is 19.4 Å². The van der Waals surface area contributed by atoms with Gasteiger partial charge in [0.25, 0.3) is 0 Å². The summed E-state index contributed by atoms with van der Waals surface area (Å²) in [5.74, 6) is -0.312. The van der Waals surface area contributed by atoms with Gasteiger partial charge in [-0.2, -0.15) is 0 Å². The fraction of sp³-hybridized carbons (Fsp3) is 0.925. The average molecular weight is 735 g/mol. The van der Waals surface area contributed by atoms with Gasteiger partial charge in [-0.3, -0.25) is 13.8 Å². The number of carbonyl (C=O) groups is 1. The van der Waals surface area contributed by atoms with Gasteiger partial charge in [0, 0.05) is 13.0 Å². The summed E-state index contributed by atoms with van der Waals surface area (Å²) in [6.07, 6.45) is 36.1. The highest BCUT2D eigenvalue weighted by Gasteiger charge is 2.25. The Morgan fingerprint density at radius 2 is 1.02 bits per heavy atom. The van der Waals surface area contributed by atoms with Crippen molar-refractivity contribution in [3.05, 3.63) is 12.2 Å². The summed E-state index contributed by atoms with van der Waals surface area (Å²) in [6, 6.07) is 0. The number of hydrogen-bond donors (Lipinski definition) is 3. The van der Waals surface area contributed by atoms with E-state index in [1.807, 2.05) is 0 Å². The predicted molar refractivity (Wildman–Crippen MR) is 205 cm³/mol. The van der Waals surface area contributed by atoms with Crippen molar-refractivity contribution >= 4 is 13.8 Å². The van der Waals surface area contributed by atoms with Gasteiger partial charge in [-0.1, -0.05) is 161 Å². The highest BCUT2D eigenvalue weighted by atomic mass is 31.2. The lowest BCUT2D eigenvalue weighted by atomic mass is 10.0. The smallest absolute Gasteiger partial charge is 0.463 e. The Morgan fingerprint density at radius 3 is 1.50 bits per heavy atom. The van der Waals surface area contributed by atoms with Gasteiger partial charge in [-0.25, -0.2) is 4.57 Å². The van der Waals surface area contributed by atoms with E-state index in [2.05, 4.69) is 26.0 Å². The van der Waals surface area contributed by atoms with E-state index < -0.39 is 33.2 Å². The van der Waals surface area contributed by atoms with Crippen LogP contribution in [0, 0.1) is 0 Å². The van der Waals surface area contributed by atoms with Crippen LogP contribution in [0.5, 0.6) is 0 Å². The zero-order valence-electron chi connectivity index (χ0n) is 32.4. The second kappa shape index (κ2) is 37.9. The predicted octanol–water partition coefficient (Wildman–Crippen LogP) is 10.9. The monoisotopic (exact) mass is 735 g/mol. The van der Waals surface area contributed by atoms with Crippen molar-refractivity contribution in [2.75, 3.05) is 33.0 Å². The fourth-order valence-corrected chi connectivity index (χ4v) is 6.53. The van der Waals surface area contributed by atoms with E-state index in [1.165, 1.54) is 128 Å². The second-order valence-electron chi connectivity index (χ2n) is 14.0. The minimum Gasteiger partial charge on any atom is -0.463 e. The Morgan fingerprint density at radius 1 is 0.600 bits per heavy atom. The number of ether oxygens (including phenoxy) is 2. The topological polar surface area (TPSA) is 132 Å². The molecule has 2 unspecified atom stereocenters. The Kier molecular flexibility index (Phi) is 37.3. The molecule has 0 rings (SSSR count). The van der Waals surface area contributed by atoms with Gasteiger partial charge in [0.1, 0.15) is 18.8 Å². The van der Waals surface area contributed by atoms with Gasteiger partial charge in [0.2, 0.25) is 0 Å². The van der Waals surface area contributed by atoms with Crippen molar-refractivity contribution in [3.63, 3.8) is 0 Å². The third-order valence-corrected chi connectivity index (χ3v) is 9.94. The van der Waals surface area contributed by atoms with E-state index in [4.69, 9.17) is 23.6 Å². The van der Waals surface area contributed by atoms with E-state index in [0.717, 1.165) is 44.9 Å². The maximum atomic E-state index is 12.4. The van der Waals surface area contributed by atoms with Crippen LogP contribution in [0.15, 0.2) is 12.2 Å². The van der Waals surface area contributed by atoms with Crippen LogP contribution in [0.2, 0.25) is 0 Å². The number of hydrogen-bond acceptors (Lipinski definition) is 8. The number of unbranched alkanes of at least 4 members (excludes halogenated alkanes) is 24. The summed E-state index contributed by atoms with van der Waals surface area (Å²) in [5.41, 5.74) is 0. The first-order chi connectivity index (χ1) is 24.3. The van der Waals surface area contributed by atoms with Crippen molar-refractivity contribution in [3.8, 4) is 0 Å². The SMILES string of the molecule is CCCCCCCC/C=C\CCCCCCCCO[C@H](COC(=O)CCCCCCCCCCCCCCC)COP(=O)(O)OCC(O)CO. The summed E-state index contributed by atoms with van der Waals surface area (Å²) in [4.78, 5) is 22.3. The van der Waals surface area contributed by atoms with Gasteiger partial charge in [0.15, 0.2) is 0 Å². The quantitative estimate of drug-likeness (QED) is 0.0243. The summed E-state index contributed by atoms with van der Waals surface area (Å²) in [5, 5.41) is 18.3. The minimum absolute atomic E-state index is 0.0804. The van der Waals surface area contributed by atoms with Crippen LogP contribution in [0.1, 0.15) is 194 Å². The van der Waals surface area contributed by atoms with Crippen LogP contribution < -0.4 is 0 Å². The molecular formula is C40H79O9P.